The Kier molecular flexibility index (Phi) is 2.67. The molecule has 2 rings (SSSR count). The molecule has 0 aliphatic heterocycles. The average molecular weight is 202 g/mol. The minimum atomic E-state index is 0.216. The second-order valence-electron chi connectivity index (χ2n) is 3.53. The number of pyridine rings is 1. The van der Waals surface area contributed by atoms with Crippen molar-refractivity contribution in [1.29, 1.82) is 0 Å². The van der Waals surface area contributed by atoms with E-state index < -0.39 is 0 Å². The Morgan fingerprint density at radius 3 is 2.87 bits per heavy atom. The zero-order valence-corrected chi connectivity index (χ0v) is 8.88. The molecule has 0 bridgehead atoms. The number of hydrogen-bond acceptors (Lipinski definition) is 3. The van der Waals surface area contributed by atoms with Crippen molar-refractivity contribution in [3.63, 3.8) is 0 Å². The molecule has 0 fully saturated rings. The van der Waals surface area contributed by atoms with Crippen molar-refractivity contribution in [2.24, 2.45) is 7.05 Å². The maximum Gasteiger partial charge on any atom is 0.148 e. The molecule has 4 nitrogen and oxygen atoms in total. The first-order valence-corrected chi connectivity index (χ1v) is 4.92. The second kappa shape index (κ2) is 4.13. The normalized spacial score (nSPS) is 12.4. The molecule has 0 aliphatic rings. The molecule has 4 heteroatoms. The van der Waals surface area contributed by atoms with Crippen molar-refractivity contribution in [2.75, 3.05) is 5.32 Å². The molecule has 1 N–H and O–H groups in total. The molecule has 2 aromatic heterocycles. The third-order valence-corrected chi connectivity index (χ3v) is 2.26. The molecule has 0 radical (unpaired) electrons. The molecular formula is C11H14N4. The van der Waals surface area contributed by atoms with Crippen LogP contribution in [-0.2, 0) is 7.05 Å². The van der Waals surface area contributed by atoms with Crippen LogP contribution in [0, 0.1) is 0 Å². The number of nitrogens with zero attached hydrogens (tertiary/aromatic N) is 3. The maximum atomic E-state index is 4.26. The summed E-state index contributed by atoms with van der Waals surface area (Å²) >= 11 is 0. The van der Waals surface area contributed by atoms with Gasteiger partial charge in [-0.05, 0) is 18.6 Å². The minimum absolute atomic E-state index is 0.216. The topological polar surface area (TPSA) is 42.7 Å². The zero-order valence-electron chi connectivity index (χ0n) is 8.88. The van der Waals surface area contributed by atoms with Crippen molar-refractivity contribution >= 4 is 5.82 Å². The summed E-state index contributed by atoms with van der Waals surface area (Å²) in [5, 5.41) is 7.57. The molecule has 0 saturated carbocycles. The van der Waals surface area contributed by atoms with Gasteiger partial charge in [-0.25, -0.2) is 0 Å². The Labute approximate surface area is 89.0 Å². The van der Waals surface area contributed by atoms with E-state index in [0.717, 1.165) is 11.4 Å². The van der Waals surface area contributed by atoms with E-state index >= 15 is 0 Å². The van der Waals surface area contributed by atoms with E-state index in [-0.39, 0.29) is 6.04 Å². The molecule has 0 saturated heterocycles. The fourth-order valence-corrected chi connectivity index (χ4v) is 1.43. The van der Waals surface area contributed by atoms with Gasteiger partial charge < -0.3 is 5.32 Å². The van der Waals surface area contributed by atoms with Crippen LogP contribution in [0.3, 0.4) is 0 Å². The van der Waals surface area contributed by atoms with Gasteiger partial charge in [0, 0.05) is 31.7 Å². The van der Waals surface area contributed by atoms with Gasteiger partial charge in [-0.15, -0.1) is 0 Å². The lowest BCUT2D eigenvalue weighted by Crippen LogP contribution is -2.07. The molecular weight excluding hydrogens is 188 g/mol. The van der Waals surface area contributed by atoms with Gasteiger partial charge in [0.15, 0.2) is 0 Å². The van der Waals surface area contributed by atoms with E-state index in [4.69, 9.17) is 0 Å². The van der Waals surface area contributed by atoms with Crippen molar-refractivity contribution in [3.8, 4) is 0 Å². The lowest BCUT2D eigenvalue weighted by atomic mass is 10.1. The van der Waals surface area contributed by atoms with E-state index in [1.54, 1.807) is 10.9 Å². The van der Waals surface area contributed by atoms with Crippen LogP contribution in [0.5, 0.6) is 0 Å². The zero-order chi connectivity index (χ0) is 10.7. The SMILES string of the molecule is CC(Nc1ccn(C)n1)c1cccnc1. The van der Waals surface area contributed by atoms with Crippen LogP contribution in [0.1, 0.15) is 18.5 Å². The third kappa shape index (κ3) is 2.34. The predicted molar refractivity (Wildman–Crippen MR) is 59.5 cm³/mol. The first-order valence-electron chi connectivity index (χ1n) is 4.92. The molecule has 15 heavy (non-hydrogen) atoms. The highest BCUT2D eigenvalue weighted by Gasteiger charge is 2.05. The molecule has 1 atom stereocenters. The molecule has 0 spiro atoms. The Morgan fingerprint density at radius 2 is 2.27 bits per heavy atom. The Balaban J connectivity index is 2.07. The van der Waals surface area contributed by atoms with Crippen LogP contribution in [0.2, 0.25) is 0 Å². The summed E-state index contributed by atoms with van der Waals surface area (Å²) in [6, 6.07) is 6.15. The quantitative estimate of drug-likeness (QED) is 0.827. The number of nitrogens with one attached hydrogen (secondary N) is 1. The highest BCUT2D eigenvalue weighted by atomic mass is 15.3. The lowest BCUT2D eigenvalue weighted by molar-refractivity contribution is 0.759. The summed E-state index contributed by atoms with van der Waals surface area (Å²) in [6.45, 7) is 2.09. The molecule has 2 heterocycles. The van der Waals surface area contributed by atoms with E-state index in [9.17, 15) is 0 Å². The van der Waals surface area contributed by atoms with Gasteiger partial charge in [-0.2, -0.15) is 5.10 Å². The van der Waals surface area contributed by atoms with Gasteiger partial charge >= 0.3 is 0 Å². The fraction of sp³-hybridized carbons (Fsp3) is 0.273. The van der Waals surface area contributed by atoms with Gasteiger partial charge in [0.1, 0.15) is 5.82 Å². The van der Waals surface area contributed by atoms with Gasteiger partial charge in [0.2, 0.25) is 0 Å². The molecule has 78 valence electrons. The van der Waals surface area contributed by atoms with Crippen LogP contribution in [-0.4, -0.2) is 14.8 Å². The van der Waals surface area contributed by atoms with Crippen LogP contribution < -0.4 is 5.32 Å². The highest BCUT2D eigenvalue weighted by Crippen LogP contribution is 2.15. The summed E-state index contributed by atoms with van der Waals surface area (Å²) in [5.41, 5.74) is 1.16. The summed E-state index contributed by atoms with van der Waals surface area (Å²) in [7, 11) is 1.90. The largest absolute Gasteiger partial charge is 0.362 e. The van der Waals surface area contributed by atoms with E-state index in [2.05, 4.69) is 22.3 Å². The van der Waals surface area contributed by atoms with Crippen LogP contribution in [0.4, 0.5) is 5.82 Å². The maximum absolute atomic E-state index is 4.26. The summed E-state index contributed by atoms with van der Waals surface area (Å²) in [4.78, 5) is 4.09. The van der Waals surface area contributed by atoms with E-state index in [0.29, 0.717) is 0 Å². The number of aromatic nitrogens is 3. The third-order valence-electron chi connectivity index (χ3n) is 2.26. The highest BCUT2D eigenvalue weighted by molar-refractivity contribution is 5.36. The monoisotopic (exact) mass is 202 g/mol. The molecule has 0 amide bonds. The van der Waals surface area contributed by atoms with E-state index in [1.165, 1.54) is 0 Å². The summed E-state index contributed by atoms with van der Waals surface area (Å²) < 4.78 is 1.78. The Morgan fingerprint density at radius 1 is 1.40 bits per heavy atom. The minimum Gasteiger partial charge on any atom is -0.362 e. The van der Waals surface area contributed by atoms with Gasteiger partial charge in [-0.3, -0.25) is 9.67 Å². The van der Waals surface area contributed by atoms with Gasteiger partial charge in [0.25, 0.3) is 0 Å². The predicted octanol–water partition coefficient (Wildman–Crippen LogP) is 1.99. The second-order valence-corrected chi connectivity index (χ2v) is 3.53. The van der Waals surface area contributed by atoms with Crippen LogP contribution >= 0.6 is 0 Å². The van der Waals surface area contributed by atoms with Gasteiger partial charge in [-0.1, -0.05) is 6.07 Å². The number of hydrogen-bond donors (Lipinski definition) is 1. The van der Waals surface area contributed by atoms with Crippen LogP contribution in [0.15, 0.2) is 36.8 Å². The first kappa shape index (κ1) is 9.71. The lowest BCUT2D eigenvalue weighted by Gasteiger charge is -2.12. The van der Waals surface area contributed by atoms with Gasteiger partial charge in [0.05, 0.1) is 6.04 Å². The van der Waals surface area contributed by atoms with Crippen molar-refractivity contribution in [3.05, 3.63) is 42.4 Å². The standard InChI is InChI=1S/C11H14N4/c1-9(10-4-3-6-12-8-10)13-11-5-7-15(2)14-11/h3-9H,1-2H3,(H,13,14). The molecule has 0 aliphatic carbocycles. The number of anilines is 1. The summed E-state index contributed by atoms with van der Waals surface area (Å²) in [6.07, 6.45) is 5.55. The fourth-order valence-electron chi connectivity index (χ4n) is 1.43. The Bertz CT molecular complexity index is 421. The van der Waals surface area contributed by atoms with E-state index in [1.807, 2.05) is 37.6 Å². The van der Waals surface area contributed by atoms with Crippen molar-refractivity contribution in [2.45, 2.75) is 13.0 Å². The van der Waals surface area contributed by atoms with Crippen molar-refractivity contribution in [1.82, 2.24) is 14.8 Å². The smallest absolute Gasteiger partial charge is 0.148 e. The average Bonchev–Trinajstić information content (AvgIpc) is 2.65. The molecule has 1 unspecified atom stereocenters. The molecule has 0 aromatic carbocycles. The van der Waals surface area contributed by atoms with Crippen molar-refractivity contribution < 1.29 is 0 Å². The van der Waals surface area contributed by atoms with Crippen LogP contribution in [0.25, 0.3) is 0 Å². The number of aryl methyl sites for hydroxylation is 1. The Hall–Kier alpha value is -1.84. The molecule has 2 aromatic rings. The summed E-state index contributed by atoms with van der Waals surface area (Å²) in [5.74, 6) is 0.883. The number of rotatable bonds is 3. The first-order chi connectivity index (χ1) is 7.25.